The Morgan fingerprint density at radius 2 is 1.59 bits per heavy atom. The Kier molecular flexibility index (Phi) is 12.0. The van der Waals surface area contributed by atoms with Gasteiger partial charge in [0.05, 0.1) is 34.5 Å². The Hall–Kier alpha value is -2.40. The van der Waals surface area contributed by atoms with Gasteiger partial charge < -0.3 is 34.5 Å². The first-order chi connectivity index (χ1) is 15.0. The van der Waals surface area contributed by atoms with Crippen molar-refractivity contribution in [3.05, 3.63) is 47.5 Å². The van der Waals surface area contributed by atoms with E-state index in [0.29, 0.717) is 36.3 Å². The van der Waals surface area contributed by atoms with Crippen molar-refractivity contribution in [2.75, 3.05) is 56.1 Å². The van der Waals surface area contributed by atoms with E-state index in [1.165, 1.54) is 0 Å². The number of nitrogens with one attached hydrogen (secondary N) is 2. The van der Waals surface area contributed by atoms with Gasteiger partial charge in [-0.3, -0.25) is 4.99 Å². The molecule has 0 saturated heterocycles. The monoisotopic (exact) mass is 558 g/mol. The number of likely N-dealkylation sites (N-methyl/N-ethyl adjacent to an activating group) is 1. The van der Waals surface area contributed by atoms with Crippen molar-refractivity contribution in [3.8, 4) is 23.0 Å². The van der Waals surface area contributed by atoms with Crippen LogP contribution in [-0.4, -0.2) is 67.0 Å². The maximum absolute atomic E-state index is 5.43. The van der Waals surface area contributed by atoms with E-state index in [9.17, 15) is 0 Å². The molecule has 2 aromatic carbocycles. The van der Waals surface area contributed by atoms with E-state index in [1.54, 1.807) is 35.5 Å². The molecule has 0 radical (unpaired) electrons. The SMILES string of the molecule is CN=C(NCc1cc(OC)c(OC)c(OC)c1)NCC(c1cccc(OC)c1)N(C)C.I. The van der Waals surface area contributed by atoms with Crippen molar-refractivity contribution in [2.45, 2.75) is 12.6 Å². The van der Waals surface area contributed by atoms with Gasteiger partial charge in [-0.15, -0.1) is 24.0 Å². The molecule has 2 rings (SSSR count). The van der Waals surface area contributed by atoms with Gasteiger partial charge in [-0.1, -0.05) is 12.1 Å². The van der Waals surface area contributed by atoms with Crippen LogP contribution in [0.4, 0.5) is 0 Å². The van der Waals surface area contributed by atoms with Crippen LogP contribution in [0.5, 0.6) is 23.0 Å². The molecule has 9 heteroatoms. The minimum absolute atomic E-state index is 0. The fourth-order valence-electron chi connectivity index (χ4n) is 3.28. The summed E-state index contributed by atoms with van der Waals surface area (Å²) < 4.78 is 21.6. The molecule has 178 valence electrons. The lowest BCUT2D eigenvalue weighted by Crippen LogP contribution is -2.41. The number of ether oxygens (including phenoxy) is 4. The summed E-state index contributed by atoms with van der Waals surface area (Å²) in [5.74, 6) is 3.35. The minimum atomic E-state index is 0. The van der Waals surface area contributed by atoms with Gasteiger partial charge in [0, 0.05) is 20.1 Å². The van der Waals surface area contributed by atoms with Crippen LogP contribution in [0.2, 0.25) is 0 Å². The molecule has 0 fully saturated rings. The predicted molar refractivity (Wildman–Crippen MR) is 139 cm³/mol. The molecule has 0 aromatic heterocycles. The molecule has 0 saturated carbocycles. The summed E-state index contributed by atoms with van der Waals surface area (Å²) in [4.78, 5) is 6.51. The summed E-state index contributed by atoms with van der Waals surface area (Å²) in [5.41, 5.74) is 2.14. The number of aliphatic imine (C=N–C) groups is 1. The van der Waals surface area contributed by atoms with Crippen molar-refractivity contribution in [1.82, 2.24) is 15.5 Å². The maximum atomic E-state index is 5.43. The Morgan fingerprint density at radius 3 is 2.09 bits per heavy atom. The highest BCUT2D eigenvalue weighted by molar-refractivity contribution is 14.0. The average molecular weight is 558 g/mol. The Labute approximate surface area is 208 Å². The molecule has 0 spiro atoms. The van der Waals surface area contributed by atoms with Crippen LogP contribution in [0.25, 0.3) is 0 Å². The zero-order valence-corrected chi connectivity index (χ0v) is 22.2. The Balaban J connectivity index is 0.00000512. The number of nitrogens with zero attached hydrogens (tertiary/aromatic N) is 2. The highest BCUT2D eigenvalue weighted by Gasteiger charge is 2.16. The minimum Gasteiger partial charge on any atom is -0.497 e. The van der Waals surface area contributed by atoms with Gasteiger partial charge in [-0.2, -0.15) is 0 Å². The van der Waals surface area contributed by atoms with E-state index in [0.717, 1.165) is 16.9 Å². The second kappa shape index (κ2) is 13.9. The molecule has 0 aliphatic rings. The first-order valence-corrected chi connectivity index (χ1v) is 10.0. The van der Waals surface area contributed by atoms with Crippen LogP contribution in [-0.2, 0) is 6.54 Å². The fourth-order valence-corrected chi connectivity index (χ4v) is 3.28. The summed E-state index contributed by atoms with van der Waals surface area (Å²) in [6.45, 7) is 1.22. The van der Waals surface area contributed by atoms with Crippen molar-refractivity contribution < 1.29 is 18.9 Å². The highest BCUT2D eigenvalue weighted by Crippen LogP contribution is 2.38. The third-order valence-corrected chi connectivity index (χ3v) is 4.97. The zero-order valence-electron chi connectivity index (χ0n) is 19.9. The van der Waals surface area contributed by atoms with Crippen LogP contribution < -0.4 is 29.6 Å². The standard InChI is InChI=1S/C23H34N4O4.HI/c1-24-23(25-14-16-11-20(29-5)22(31-7)21(12-16)30-6)26-15-19(27(2)3)17-9-8-10-18(13-17)28-4;/h8-13,19H,14-15H2,1-7H3,(H2,24,25,26);1H. The third-order valence-electron chi connectivity index (χ3n) is 4.97. The zero-order chi connectivity index (χ0) is 22.8. The van der Waals surface area contributed by atoms with Gasteiger partial charge in [0.25, 0.3) is 0 Å². The summed E-state index contributed by atoms with van der Waals surface area (Å²) in [5, 5.41) is 6.74. The third kappa shape index (κ3) is 7.33. The summed E-state index contributed by atoms with van der Waals surface area (Å²) >= 11 is 0. The van der Waals surface area contributed by atoms with Gasteiger partial charge in [0.15, 0.2) is 17.5 Å². The lowest BCUT2D eigenvalue weighted by atomic mass is 10.1. The number of rotatable bonds is 10. The average Bonchev–Trinajstić information content (AvgIpc) is 2.80. The highest BCUT2D eigenvalue weighted by atomic mass is 127. The second-order valence-electron chi connectivity index (χ2n) is 7.10. The number of halogens is 1. The fraction of sp³-hybridized carbons (Fsp3) is 0.435. The van der Waals surface area contributed by atoms with Gasteiger partial charge in [-0.05, 0) is 49.5 Å². The largest absolute Gasteiger partial charge is 0.497 e. The molecular formula is C23H35IN4O4. The summed E-state index contributed by atoms with van der Waals surface area (Å²) in [6, 6.07) is 12.1. The molecule has 32 heavy (non-hydrogen) atoms. The predicted octanol–water partition coefficient (Wildman–Crippen LogP) is 3.31. The topological polar surface area (TPSA) is 76.6 Å². The van der Waals surface area contributed by atoms with E-state index < -0.39 is 0 Å². The molecule has 0 heterocycles. The summed E-state index contributed by atoms with van der Waals surface area (Å²) in [7, 11) is 12.3. The summed E-state index contributed by atoms with van der Waals surface area (Å²) in [6.07, 6.45) is 0. The number of hydrogen-bond donors (Lipinski definition) is 2. The van der Waals surface area contributed by atoms with E-state index in [-0.39, 0.29) is 30.0 Å². The van der Waals surface area contributed by atoms with E-state index in [2.05, 4.69) is 46.8 Å². The van der Waals surface area contributed by atoms with Gasteiger partial charge in [0.2, 0.25) is 5.75 Å². The van der Waals surface area contributed by atoms with Gasteiger partial charge in [0.1, 0.15) is 5.75 Å². The van der Waals surface area contributed by atoms with Crippen LogP contribution >= 0.6 is 24.0 Å². The molecule has 0 bridgehead atoms. The van der Waals surface area contributed by atoms with Crippen LogP contribution in [0.15, 0.2) is 41.4 Å². The first-order valence-electron chi connectivity index (χ1n) is 10.0. The van der Waals surface area contributed by atoms with Gasteiger partial charge >= 0.3 is 0 Å². The van der Waals surface area contributed by atoms with Crippen molar-refractivity contribution >= 4 is 29.9 Å². The second-order valence-corrected chi connectivity index (χ2v) is 7.10. The molecule has 2 aromatic rings. The van der Waals surface area contributed by atoms with Gasteiger partial charge in [-0.25, -0.2) is 0 Å². The van der Waals surface area contributed by atoms with Crippen LogP contribution in [0, 0.1) is 0 Å². The van der Waals surface area contributed by atoms with E-state index in [4.69, 9.17) is 18.9 Å². The van der Waals surface area contributed by atoms with Crippen LogP contribution in [0.1, 0.15) is 17.2 Å². The molecule has 0 aliphatic carbocycles. The van der Waals surface area contributed by atoms with E-state index >= 15 is 0 Å². The number of hydrogen-bond acceptors (Lipinski definition) is 6. The van der Waals surface area contributed by atoms with Crippen molar-refractivity contribution in [1.29, 1.82) is 0 Å². The number of guanidine groups is 1. The molecule has 0 aliphatic heterocycles. The van der Waals surface area contributed by atoms with Crippen molar-refractivity contribution in [2.24, 2.45) is 4.99 Å². The van der Waals surface area contributed by atoms with E-state index in [1.807, 2.05) is 24.3 Å². The smallest absolute Gasteiger partial charge is 0.203 e. The molecule has 0 amide bonds. The molecule has 1 atom stereocenters. The first kappa shape index (κ1) is 27.6. The quantitative estimate of drug-likeness (QED) is 0.263. The van der Waals surface area contributed by atoms with Crippen LogP contribution in [0.3, 0.4) is 0 Å². The lowest BCUT2D eigenvalue weighted by Gasteiger charge is -2.26. The normalized spacial score (nSPS) is 11.9. The maximum Gasteiger partial charge on any atom is 0.203 e. The molecule has 2 N–H and O–H groups in total. The Bertz CT molecular complexity index is 852. The molecule has 8 nitrogen and oxygen atoms in total. The number of methoxy groups -OCH3 is 4. The number of benzene rings is 2. The molecule has 1 unspecified atom stereocenters. The molecular weight excluding hydrogens is 523 g/mol. The Morgan fingerprint density at radius 1 is 0.938 bits per heavy atom. The lowest BCUT2D eigenvalue weighted by molar-refractivity contribution is 0.297. The van der Waals surface area contributed by atoms with Crippen molar-refractivity contribution in [3.63, 3.8) is 0 Å².